The third kappa shape index (κ3) is 6.34. The summed E-state index contributed by atoms with van der Waals surface area (Å²) in [4.78, 5) is 18.8. The van der Waals surface area contributed by atoms with Crippen LogP contribution < -0.4 is 9.47 Å². The molecule has 47 heavy (non-hydrogen) atoms. The standard InChI is InChI=1S/C40H37N3O4/c1-3-45-33-21-13-27(14-22-33)25-32-11-8-12-35-37(32)42-43(38(35)29-19-23-34(24-20-29)46-4-2)40(44)31-17-15-30(16-18-31)39-41-26-36(47-39)28-9-6-5-7-10-28/h5-7,9-10,13-26,35,38H,3-4,8,11-12H2,1-2H3/b32-25+/t35-,38-/m1/s1. The number of hydrogen-bond acceptors (Lipinski definition) is 6. The first-order chi connectivity index (χ1) is 23.1. The van der Waals surface area contributed by atoms with Crippen LogP contribution in [0.15, 0.2) is 124 Å². The summed E-state index contributed by atoms with van der Waals surface area (Å²) in [6, 6.07) is 33.3. The summed E-state index contributed by atoms with van der Waals surface area (Å²) < 4.78 is 17.4. The van der Waals surface area contributed by atoms with E-state index in [2.05, 4.69) is 35.3 Å². The number of carbonyl (C=O) groups excluding carboxylic acids is 1. The van der Waals surface area contributed by atoms with Crippen molar-refractivity contribution in [1.29, 1.82) is 0 Å². The molecule has 0 unspecified atom stereocenters. The van der Waals surface area contributed by atoms with Crippen LogP contribution in [0.4, 0.5) is 0 Å². The first-order valence-corrected chi connectivity index (χ1v) is 16.3. The maximum Gasteiger partial charge on any atom is 0.274 e. The van der Waals surface area contributed by atoms with Crippen LogP contribution in [0, 0.1) is 5.92 Å². The Morgan fingerprint density at radius 2 is 1.53 bits per heavy atom. The number of hydrogen-bond donors (Lipinski definition) is 0. The Morgan fingerprint density at radius 1 is 0.851 bits per heavy atom. The number of nitrogens with zero attached hydrogens (tertiary/aromatic N) is 3. The third-order valence-corrected chi connectivity index (χ3v) is 8.72. The van der Waals surface area contributed by atoms with Crippen molar-refractivity contribution in [2.75, 3.05) is 13.2 Å². The molecule has 1 saturated carbocycles. The van der Waals surface area contributed by atoms with Crippen molar-refractivity contribution in [3.05, 3.63) is 132 Å². The van der Waals surface area contributed by atoms with E-state index in [1.165, 1.54) is 5.57 Å². The number of amides is 1. The number of hydrazone groups is 1. The molecule has 1 amide bonds. The molecular formula is C40H37N3O4. The molecule has 1 aliphatic heterocycles. The van der Waals surface area contributed by atoms with Gasteiger partial charge in [-0.15, -0.1) is 0 Å². The first-order valence-electron chi connectivity index (χ1n) is 16.3. The molecule has 7 heteroatoms. The van der Waals surface area contributed by atoms with Crippen LogP contribution in [0.5, 0.6) is 11.5 Å². The minimum atomic E-state index is -0.225. The molecule has 0 bridgehead atoms. The molecule has 0 spiro atoms. The summed E-state index contributed by atoms with van der Waals surface area (Å²) in [6.07, 6.45) is 6.83. The zero-order chi connectivity index (χ0) is 32.2. The molecule has 1 fully saturated rings. The molecule has 236 valence electrons. The lowest BCUT2D eigenvalue weighted by Crippen LogP contribution is -2.31. The van der Waals surface area contributed by atoms with Crippen LogP contribution in [0.1, 0.15) is 60.6 Å². The minimum Gasteiger partial charge on any atom is -0.494 e. The van der Waals surface area contributed by atoms with Crippen LogP contribution in [0.25, 0.3) is 28.9 Å². The van der Waals surface area contributed by atoms with E-state index in [0.717, 1.165) is 58.7 Å². The molecule has 2 heterocycles. The number of rotatable bonds is 9. The summed E-state index contributed by atoms with van der Waals surface area (Å²) in [5.41, 5.74) is 6.61. The Labute approximate surface area is 275 Å². The number of benzene rings is 4. The molecule has 7 nitrogen and oxygen atoms in total. The fraction of sp³-hybridized carbons (Fsp3) is 0.225. The molecule has 2 atom stereocenters. The van der Waals surface area contributed by atoms with E-state index in [9.17, 15) is 4.79 Å². The molecule has 0 saturated heterocycles. The number of carbonyl (C=O) groups is 1. The Bertz CT molecular complexity index is 1890. The molecule has 1 aliphatic carbocycles. The Balaban J connectivity index is 1.20. The first kappa shape index (κ1) is 30.2. The number of oxazole rings is 1. The monoisotopic (exact) mass is 623 g/mol. The number of ether oxygens (including phenoxy) is 2. The zero-order valence-electron chi connectivity index (χ0n) is 26.6. The average molecular weight is 624 g/mol. The van der Waals surface area contributed by atoms with E-state index in [1.807, 2.05) is 92.7 Å². The van der Waals surface area contributed by atoms with Gasteiger partial charge in [0.05, 0.1) is 31.2 Å². The van der Waals surface area contributed by atoms with Crippen molar-refractivity contribution in [3.8, 4) is 34.3 Å². The van der Waals surface area contributed by atoms with E-state index in [1.54, 1.807) is 11.2 Å². The van der Waals surface area contributed by atoms with Crippen molar-refractivity contribution >= 4 is 17.7 Å². The summed E-state index contributed by atoms with van der Waals surface area (Å²) in [5.74, 6) is 2.81. The van der Waals surface area contributed by atoms with Gasteiger partial charge >= 0.3 is 0 Å². The highest BCUT2D eigenvalue weighted by Crippen LogP contribution is 2.45. The Hall–Kier alpha value is -5.43. The van der Waals surface area contributed by atoms with Gasteiger partial charge in [-0.1, -0.05) is 54.6 Å². The number of allylic oxidation sites excluding steroid dienone is 1. The highest BCUT2D eigenvalue weighted by molar-refractivity contribution is 6.09. The molecule has 0 radical (unpaired) electrons. The molecule has 1 aromatic heterocycles. The predicted octanol–water partition coefficient (Wildman–Crippen LogP) is 9.24. The van der Waals surface area contributed by atoms with Crippen LogP contribution >= 0.6 is 0 Å². The van der Waals surface area contributed by atoms with Crippen molar-refractivity contribution in [2.45, 2.75) is 39.2 Å². The average Bonchev–Trinajstić information content (AvgIpc) is 3.77. The third-order valence-electron chi connectivity index (χ3n) is 8.72. The van der Waals surface area contributed by atoms with E-state index >= 15 is 0 Å². The van der Waals surface area contributed by atoms with Gasteiger partial charge in [0.2, 0.25) is 5.89 Å². The second kappa shape index (κ2) is 13.5. The van der Waals surface area contributed by atoms with Gasteiger partial charge in [0.15, 0.2) is 5.76 Å². The van der Waals surface area contributed by atoms with Gasteiger partial charge in [-0.25, -0.2) is 9.99 Å². The summed E-state index contributed by atoms with van der Waals surface area (Å²) in [7, 11) is 0. The minimum absolute atomic E-state index is 0.0857. The van der Waals surface area contributed by atoms with E-state index in [0.29, 0.717) is 30.4 Å². The highest BCUT2D eigenvalue weighted by atomic mass is 16.5. The fourth-order valence-electron chi connectivity index (χ4n) is 6.49. The molecule has 7 rings (SSSR count). The van der Waals surface area contributed by atoms with Gasteiger partial charge in [-0.3, -0.25) is 4.79 Å². The Morgan fingerprint density at radius 3 is 2.21 bits per heavy atom. The van der Waals surface area contributed by atoms with Gasteiger partial charge in [-0.2, -0.15) is 5.10 Å². The van der Waals surface area contributed by atoms with Crippen LogP contribution in [0.2, 0.25) is 0 Å². The van der Waals surface area contributed by atoms with Crippen molar-refractivity contribution in [1.82, 2.24) is 9.99 Å². The van der Waals surface area contributed by atoms with E-state index in [4.69, 9.17) is 19.0 Å². The van der Waals surface area contributed by atoms with Gasteiger partial charge in [0, 0.05) is 22.6 Å². The molecule has 0 N–H and O–H groups in total. The van der Waals surface area contributed by atoms with Crippen LogP contribution in [-0.2, 0) is 0 Å². The number of aromatic nitrogens is 1. The topological polar surface area (TPSA) is 77.2 Å². The lowest BCUT2D eigenvalue weighted by molar-refractivity contribution is 0.0681. The lowest BCUT2D eigenvalue weighted by atomic mass is 9.77. The van der Waals surface area contributed by atoms with Crippen molar-refractivity contribution in [3.63, 3.8) is 0 Å². The summed E-state index contributed by atoms with van der Waals surface area (Å²) in [6.45, 7) is 5.19. The molecular weight excluding hydrogens is 586 g/mol. The maximum atomic E-state index is 14.3. The normalized spacial score (nSPS) is 18.1. The predicted molar refractivity (Wildman–Crippen MR) is 184 cm³/mol. The van der Waals surface area contributed by atoms with Crippen LogP contribution in [0.3, 0.4) is 0 Å². The van der Waals surface area contributed by atoms with Gasteiger partial charge in [-0.05, 0) is 104 Å². The molecule has 5 aromatic rings. The van der Waals surface area contributed by atoms with E-state index < -0.39 is 0 Å². The SMILES string of the molecule is CCOc1ccc(/C=C2\CCC[C@@H]3C2=NN(C(=O)c2ccc(-c4ncc(-c5ccccc5)o4)cc2)[C@@H]3c2ccc(OCC)cc2)cc1. The largest absolute Gasteiger partial charge is 0.494 e. The van der Waals surface area contributed by atoms with Crippen molar-refractivity contribution in [2.24, 2.45) is 11.0 Å². The maximum absolute atomic E-state index is 14.3. The quantitative estimate of drug-likeness (QED) is 0.164. The van der Waals surface area contributed by atoms with Gasteiger partial charge < -0.3 is 13.9 Å². The smallest absolute Gasteiger partial charge is 0.274 e. The van der Waals surface area contributed by atoms with E-state index in [-0.39, 0.29) is 17.9 Å². The lowest BCUT2D eigenvalue weighted by Gasteiger charge is -2.30. The van der Waals surface area contributed by atoms with Gasteiger partial charge in [0.25, 0.3) is 5.91 Å². The number of fused-ring (bicyclic) bond motifs is 1. The fourth-order valence-corrected chi connectivity index (χ4v) is 6.49. The Kier molecular flexibility index (Phi) is 8.69. The van der Waals surface area contributed by atoms with Crippen molar-refractivity contribution < 1.29 is 18.7 Å². The molecule has 4 aromatic carbocycles. The molecule has 2 aliphatic rings. The highest BCUT2D eigenvalue weighted by Gasteiger charge is 2.44. The van der Waals surface area contributed by atoms with Gasteiger partial charge in [0.1, 0.15) is 11.5 Å². The van der Waals surface area contributed by atoms with Crippen LogP contribution in [-0.4, -0.2) is 34.8 Å². The summed E-state index contributed by atoms with van der Waals surface area (Å²) >= 11 is 0. The second-order valence-corrected chi connectivity index (χ2v) is 11.7. The summed E-state index contributed by atoms with van der Waals surface area (Å²) in [5, 5.41) is 6.79. The second-order valence-electron chi connectivity index (χ2n) is 11.7. The zero-order valence-corrected chi connectivity index (χ0v) is 26.6.